The lowest BCUT2D eigenvalue weighted by molar-refractivity contribution is -0.392. The van der Waals surface area contributed by atoms with Crippen molar-refractivity contribution in [1.29, 1.82) is 0 Å². The van der Waals surface area contributed by atoms with Crippen molar-refractivity contribution in [2.24, 2.45) is 50.7 Å². The number of aliphatic carboxylic acids is 1. The number of carboxylic acid groups (broad SMARTS) is 1. The lowest BCUT2D eigenvalue weighted by atomic mass is 9.33. The van der Waals surface area contributed by atoms with Crippen molar-refractivity contribution in [3.63, 3.8) is 0 Å². The molecule has 0 aromatic heterocycles. The van der Waals surface area contributed by atoms with Gasteiger partial charge in [-0.05, 0) is 111 Å². The molecule has 0 spiro atoms. The van der Waals surface area contributed by atoms with Crippen LogP contribution in [-0.4, -0.2) is 168 Å². The Kier molecular flexibility index (Phi) is 13.0. The molecule has 24 atom stereocenters. The number of ether oxygens (including phenoxy) is 6. The van der Waals surface area contributed by atoms with Gasteiger partial charge in [0.15, 0.2) is 18.9 Å². The number of aliphatic hydroxyl groups excluding tert-OH is 8. The van der Waals surface area contributed by atoms with Crippen LogP contribution in [0, 0.1) is 50.7 Å². The summed E-state index contributed by atoms with van der Waals surface area (Å²) in [5.41, 5.74) is -2.10. The maximum Gasteiger partial charge on any atom is 0.310 e. The van der Waals surface area contributed by atoms with E-state index in [-0.39, 0.29) is 40.6 Å². The molecule has 3 aliphatic heterocycles. The van der Waals surface area contributed by atoms with E-state index in [4.69, 9.17) is 28.4 Å². The number of hydrogen-bond acceptors (Lipinski definition) is 16. The topological polar surface area (TPSA) is 275 Å². The number of carbonyl (C=O) groups is 1. The molecule has 366 valence electrons. The van der Waals surface area contributed by atoms with E-state index < -0.39 is 127 Å². The average molecular weight is 913 g/mol. The van der Waals surface area contributed by atoms with Crippen LogP contribution in [0.15, 0.2) is 11.6 Å². The highest BCUT2D eigenvalue weighted by Gasteiger charge is 2.71. The normalized spacial score (nSPS) is 56.1. The Morgan fingerprint density at radius 3 is 2.06 bits per heavy atom. The summed E-state index contributed by atoms with van der Waals surface area (Å²) in [4.78, 5) is 13.2. The van der Waals surface area contributed by atoms with Gasteiger partial charge in [0, 0.05) is 5.92 Å². The zero-order chi connectivity index (χ0) is 46.9. The molecule has 17 heteroatoms. The van der Waals surface area contributed by atoms with Gasteiger partial charge >= 0.3 is 5.97 Å². The first-order valence-electron chi connectivity index (χ1n) is 23.7. The smallest absolute Gasteiger partial charge is 0.310 e. The predicted octanol–water partition coefficient (Wildman–Crippen LogP) is 1.34. The van der Waals surface area contributed by atoms with Crippen molar-refractivity contribution < 1.29 is 84.3 Å². The first kappa shape index (κ1) is 49.0. The second kappa shape index (κ2) is 16.9. The zero-order valence-corrected chi connectivity index (χ0v) is 38.7. The fraction of sp³-hybridized carbons (Fsp3) is 0.936. The maximum atomic E-state index is 13.2. The molecule has 8 rings (SSSR count). The van der Waals surface area contributed by atoms with E-state index in [0.717, 1.165) is 37.7 Å². The quantitative estimate of drug-likeness (QED) is 0.122. The molecular formula is C47H76O17. The zero-order valence-electron chi connectivity index (χ0n) is 38.7. The monoisotopic (exact) mass is 913 g/mol. The van der Waals surface area contributed by atoms with Crippen molar-refractivity contribution in [3.8, 4) is 0 Å². The molecule has 0 radical (unpaired) electrons. The number of carboxylic acids is 1. The van der Waals surface area contributed by atoms with E-state index in [2.05, 4.69) is 40.7 Å². The Morgan fingerprint density at radius 1 is 0.719 bits per heavy atom. The summed E-state index contributed by atoms with van der Waals surface area (Å²) in [5, 5.41) is 109. The third kappa shape index (κ3) is 7.23. The van der Waals surface area contributed by atoms with Crippen molar-refractivity contribution in [2.75, 3.05) is 13.2 Å². The van der Waals surface area contributed by atoms with Gasteiger partial charge in [-0.15, -0.1) is 0 Å². The van der Waals surface area contributed by atoms with Crippen molar-refractivity contribution >= 4 is 5.97 Å². The van der Waals surface area contributed by atoms with Crippen LogP contribution in [0.3, 0.4) is 0 Å². The maximum absolute atomic E-state index is 13.2. The van der Waals surface area contributed by atoms with Crippen molar-refractivity contribution in [3.05, 3.63) is 11.6 Å². The van der Waals surface area contributed by atoms with E-state index in [1.807, 2.05) is 13.8 Å². The largest absolute Gasteiger partial charge is 0.481 e. The summed E-state index contributed by atoms with van der Waals surface area (Å²) in [5.74, 6) is -0.871. The second-order valence-corrected chi connectivity index (χ2v) is 22.7. The van der Waals surface area contributed by atoms with Gasteiger partial charge in [-0.25, -0.2) is 0 Å². The molecule has 10 N–H and O–H groups in total. The SMILES string of the molecule is C[C@H]1O[C@@H](O[C@@H]2[C@@H](O[C@@H]3[C@H](O[C@@H]4CC[C@@]5(C)[C@H](CC[C@]6(C)[C@@H]5CC=C5[C@@H]7[C@@](C(=O)O)(CC[C@H](C)[C@@]7(C)O)CC[C@@]56C)C4(C)C)OC[C@H](O)[C@@H]3O)O[C@@H](CO)[C@H](O)[C@H]2O)[C@H](O)[C@H](O)[C@H]1O. The van der Waals surface area contributed by atoms with Gasteiger partial charge in [0.25, 0.3) is 0 Å². The Bertz CT molecular complexity index is 1760. The van der Waals surface area contributed by atoms with Gasteiger partial charge in [0.05, 0.1) is 36.4 Å². The van der Waals surface area contributed by atoms with Gasteiger partial charge in [-0.3, -0.25) is 4.79 Å². The molecule has 0 unspecified atom stereocenters. The van der Waals surface area contributed by atoms with Crippen LogP contribution < -0.4 is 0 Å². The lowest BCUT2D eigenvalue weighted by Crippen LogP contribution is -2.68. The molecule has 0 amide bonds. The van der Waals surface area contributed by atoms with Gasteiger partial charge < -0.3 is 79.5 Å². The van der Waals surface area contributed by atoms with Crippen LogP contribution in [-0.2, 0) is 33.2 Å². The number of rotatable bonds is 8. The molecule has 4 saturated carbocycles. The molecule has 3 saturated heterocycles. The summed E-state index contributed by atoms with van der Waals surface area (Å²) in [6.07, 6.45) is -13.0. The average Bonchev–Trinajstić information content (AvgIpc) is 3.23. The summed E-state index contributed by atoms with van der Waals surface area (Å²) >= 11 is 0. The van der Waals surface area contributed by atoms with Crippen LogP contribution in [0.2, 0.25) is 0 Å². The summed E-state index contributed by atoms with van der Waals surface area (Å²) in [6.45, 7) is 15.9. The number of allylic oxidation sites excluding steroid dienone is 1. The summed E-state index contributed by atoms with van der Waals surface area (Å²) in [6, 6.07) is 0. The highest BCUT2D eigenvalue weighted by atomic mass is 16.8. The highest BCUT2D eigenvalue weighted by Crippen LogP contribution is 2.76. The first-order chi connectivity index (χ1) is 29.8. The molecule has 5 aliphatic carbocycles. The lowest BCUT2D eigenvalue weighted by Gasteiger charge is -2.72. The standard InChI is InChI=1S/C47H76O17/c1-21-11-16-47(41(56)57)18-17-44(6)23(37(47)46(21,8)58)9-10-27-43(5)14-13-28(42(3,4)26(43)12-15-45(27,44)7)62-39-35(30(51)24(49)20-59-39)64-40-36(33(54)31(52)25(19-48)61-40)63-38-34(55)32(53)29(50)22(2)60-38/h9,21-22,24-40,48-55,58H,10-20H2,1-8H3,(H,56,57)/t21-,22+,24-,25-,26+,27+,28+,29-,30-,31-,32+,33+,34+,35-,36-,37-,38-,39-,40+,43-,44-,45+,46+,47+/m0/s1. The van der Waals surface area contributed by atoms with Gasteiger partial charge in [0.2, 0.25) is 0 Å². The number of hydrogen-bond donors (Lipinski definition) is 10. The first-order valence-corrected chi connectivity index (χ1v) is 23.7. The van der Waals surface area contributed by atoms with Gasteiger partial charge in [0.1, 0.15) is 61.0 Å². The number of fused-ring (bicyclic) bond motifs is 7. The van der Waals surface area contributed by atoms with Crippen LogP contribution in [0.4, 0.5) is 0 Å². The van der Waals surface area contributed by atoms with Gasteiger partial charge in [-0.2, -0.15) is 0 Å². The van der Waals surface area contributed by atoms with E-state index in [0.29, 0.717) is 25.7 Å². The minimum Gasteiger partial charge on any atom is -0.481 e. The Labute approximate surface area is 376 Å². The van der Waals surface area contributed by atoms with Crippen molar-refractivity contribution in [2.45, 2.75) is 211 Å². The van der Waals surface area contributed by atoms with Crippen LogP contribution >= 0.6 is 0 Å². The summed E-state index contributed by atoms with van der Waals surface area (Å²) < 4.78 is 36.6. The van der Waals surface area contributed by atoms with E-state index >= 15 is 0 Å². The molecule has 8 aliphatic rings. The Morgan fingerprint density at radius 2 is 1.39 bits per heavy atom. The highest BCUT2D eigenvalue weighted by molar-refractivity contribution is 5.77. The Hall–Kier alpha value is -1.39. The molecule has 0 aromatic carbocycles. The molecule has 0 bridgehead atoms. The predicted molar refractivity (Wildman–Crippen MR) is 225 cm³/mol. The molecule has 7 fully saturated rings. The number of aliphatic hydroxyl groups is 9. The fourth-order valence-electron chi connectivity index (χ4n) is 15.0. The third-order valence-corrected chi connectivity index (χ3v) is 19.4. The van der Waals surface area contributed by atoms with Gasteiger partial charge in [-0.1, -0.05) is 53.2 Å². The van der Waals surface area contributed by atoms with E-state index in [9.17, 15) is 55.9 Å². The van der Waals surface area contributed by atoms with Crippen LogP contribution in [0.5, 0.6) is 0 Å². The summed E-state index contributed by atoms with van der Waals surface area (Å²) in [7, 11) is 0. The Balaban J connectivity index is 1.04. The molecule has 64 heavy (non-hydrogen) atoms. The molecule has 3 heterocycles. The van der Waals surface area contributed by atoms with Crippen LogP contribution in [0.1, 0.15) is 113 Å². The molecular weight excluding hydrogens is 837 g/mol. The fourth-order valence-corrected chi connectivity index (χ4v) is 15.0. The molecule has 17 nitrogen and oxygen atoms in total. The van der Waals surface area contributed by atoms with E-state index in [1.165, 1.54) is 6.92 Å². The minimum atomic E-state index is -1.80. The third-order valence-electron chi connectivity index (χ3n) is 19.4. The van der Waals surface area contributed by atoms with E-state index in [1.54, 1.807) is 0 Å². The second-order valence-electron chi connectivity index (χ2n) is 22.7. The van der Waals surface area contributed by atoms with Crippen molar-refractivity contribution in [1.82, 2.24) is 0 Å². The van der Waals surface area contributed by atoms with Crippen LogP contribution in [0.25, 0.3) is 0 Å². The molecule has 0 aromatic rings. The minimum absolute atomic E-state index is 0.0348.